The maximum Gasteiger partial charge on any atom is 0.319 e. The van der Waals surface area contributed by atoms with Crippen LogP contribution in [0.15, 0.2) is 48.5 Å². The van der Waals surface area contributed by atoms with Crippen molar-refractivity contribution in [1.29, 1.82) is 0 Å². The van der Waals surface area contributed by atoms with Crippen molar-refractivity contribution >= 4 is 23.4 Å². The van der Waals surface area contributed by atoms with Gasteiger partial charge in [0.2, 0.25) is 0 Å². The average Bonchev–Trinajstić information content (AvgIpc) is 3.56. The lowest BCUT2D eigenvalue weighted by atomic mass is 10.0. The topological polar surface area (TPSA) is 82.3 Å². The van der Waals surface area contributed by atoms with Gasteiger partial charge in [-0.3, -0.25) is 0 Å². The Balaban J connectivity index is 1.27. The molecule has 0 spiro atoms. The van der Waals surface area contributed by atoms with Gasteiger partial charge in [-0.25, -0.2) is 9.59 Å². The van der Waals surface area contributed by atoms with Crippen LogP contribution in [-0.4, -0.2) is 24.1 Å². The van der Waals surface area contributed by atoms with E-state index in [1.807, 2.05) is 48.5 Å². The highest BCUT2D eigenvalue weighted by Crippen LogP contribution is 2.20. The Morgan fingerprint density at radius 1 is 0.667 bits per heavy atom. The number of rotatable bonds is 6. The largest absolute Gasteiger partial charge is 0.335 e. The summed E-state index contributed by atoms with van der Waals surface area (Å²) in [6, 6.07) is 16.1. The number of hydrogen-bond donors (Lipinski definition) is 4. The molecule has 0 radical (unpaired) electrons. The summed E-state index contributed by atoms with van der Waals surface area (Å²) in [5.41, 5.74) is 3.90. The molecule has 0 heterocycles. The van der Waals surface area contributed by atoms with E-state index in [0.29, 0.717) is 12.1 Å². The third kappa shape index (κ3) is 5.48. The third-order valence-electron chi connectivity index (χ3n) is 4.66. The van der Waals surface area contributed by atoms with E-state index in [4.69, 9.17) is 0 Å². The van der Waals surface area contributed by atoms with Crippen LogP contribution in [0.5, 0.6) is 0 Å². The summed E-state index contributed by atoms with van der Waals surface area (Å²) in [7, 11) is 0. The zero-order valence-corrected chi connectivity index (χ0v) is 15.1. The molecular weight excluding hydrogens is 340 g/mol. The van der Waals surface area contributed by atoms with Gasteiger partial charge in [-0.15, -0.1) is 0 Å². The fourth-order valence-corrected chi connectivity index (χ4v) is 2.81. The number of carbonyl (C=O) groups is 2. The highest BCUT2D eigenvalue weighted by molar-refractivity contribution is 5.90. The molecule has 0 saturated heterocycles. The van der Waals surface area contributed by atoms with E-state index in [1.54, 1.807) is 0 Å². The molecule has 0 bridgehead atoms. The molecule has 2 aliphatic carbocycles. The molecule has 140 valence electrons. The number of urea groups is 2. The SMILES string of the molecule is O=C(Nc1ccc(Cc2ccc(NC(=O)NC3CC3)cc2)cc1)NC1CC1. The highest BCUT2D eigenvalue weighted by atomic mass is 16.2. The summed E-state index contributed by atoms with van der Waals surface area (Å²) in [6.45, 7) is 0. The van der Waals surface area contributed by atoms with Gasteiger partial charge in [0.05, 0.1) is 0 Å². The summed E-state index contributed by atoms with van der Waals surface area (Å²) in [5.74, 6) is 0. The van der Waals surface area contributed by atoms with E-state index in [0.717, 1.165) is 54.6 Å². The molecule has 4 rings (SSSR count). The van der Waals surface area contributed by atoms with E-state index in [9.17, 15) is 9.59 Å². The Bertz CT molecular complexity index is 740. The van der Waals surface area contributed by atoms with Crippen LogP contribution in [0.2, 0.25) is 0 Å². The quantitative estimate of drug-likeness (QED) is 0.628. The first kappa shape index (κ1) is 17.4. The maximum atomic E-state index is 11.8. The van der Waals surface area contributed by atoms with Gasteiger partial charge in [0, 0.05) is 23.5 Å². The van der Waals surface area contributed by atoms with Crippen molar-refractivity contribution in [2.45, 2.75) is 44.2 Å². The molecule has 2 aliphatic rings. The van der Waals surface area contributed by atoms with Gasteiger partial charge in [0.1, 0.15) is 0 Å². The van der Waals surface area contributed by atoms with E-state index in [1.165, 1.54) is 0 Å². The summed E-state index contributed by atoms with van der Waals surface area (Å²) < 4.78 is 0. The van der Waals surface area contributed by atoms with Crippen LogP contribution in [0.3, 0.4) is 0 Å². The Hall–Kier alpha value is -3.02. The lowest BCUT2D eigenvalue weighted by Gasteiger charge is -2.09. The van der Waals surface area contributed by atoms with E-state index < -0.39 is 0 Å². The van der Waals surface area contributed by atoms with Crippen LogP contribution in [0.4, 0.5) is 21.0 Å². The van der Waals surface area contributed by atoms with Crippen molar-refractivity contribution in [3.63, 3.8) is 0 Å². The fourth-order valence-electron chi connectivity index (χ4n) is 2.81. The monoisotopic (exact) mass is 364 g/mol. The molecular formula is C21H24N4O2. The minimum absolute atomic E-state index is 0.140. The molecule has 2 aromatic rings. The Labute approximate surface area is 158 Å². The first-order chi connectivity index (χ1) is 13.1. The normalized spacial score (nSPS) is 15.7. The zero-order chi connectivity index (χ0) is 18.6. The Morgan fingerprint density at radius 2 is 1.04 bits per heavy atom. The zero-order valence-electron chi connectivity index (χ0n) is 15.1. The van der Waals surface area contributed by atoms with Gasteiger partial charge in [-0.1, -0.05) is 24.3 Å². The van der Waals surface area contributed by atoms with Gasteiger partial charge >= 0.3 is 12.1 Å². The first-order valence-corrected chi connectivity index (χ1v) is 9.47. The van der Waals surface area contributed by atoms with E-state index in [2.05, 4.69) is 21.3 Å². The van der Waals surface area contributed by atoms with E-state index >= 15 is 0 Å². The van der Waals surface area contributed by atoms with Crippen LogP contribution in [0, 0.1) is 0 Å². The number of anilines is 2. The summed E-state index contributed by atoms with van der Waals surface area (Å²) in [4.78, 5) is 23.5. The lowest BCUT2D eigenvalue weighted by molar-refractivity contribution is 0.251. The fraction of sp³-hybridized carbons (Fsp3) is 0.333. The van der Waals surface area contributed by atoms with Crippen molar-refractivity contribution in [1.82, 2.24) is 10.6 Å². The standard InChI is InChI=1S/C21H24N4O2/c26-20(24-18-9-10-18)22-16-5-1-14(2-6-16)13-15-3-7-17(8-4-15)23-21(27)25-19-11-12-19/h1-8,18-19H,9-13H2,(H2,22,24,26)(H2,23,25,27). The van der Waals surface area contributed by atoms with Gasteiger partial charge in [-0.05, 0) is 67.5 Å². The molecule has 0 aliphatic heterocycles. The second-order valence-electron chi connectivity index (χ2n) is 7.32. The molecule has 4 amide bonds. The smallest absolute Gasteiger partial charge is 0.319 e. The first-order valence-electron chi connectivity index (χ1n) is 9.47. The molecule has 27 heavy (non-hydrogen) atoms. The van der Waals surface area contributed by atoms with Gasteiger partial charge in [0.25, 0.3) is 0 Å². The Morgan fingerprint density at radius 3 is 1.37 bits per heavy atom. The molecule has 2 saturated carbocycles. The van der Waals surface area contributed by atoms with Gasteiger partial charge in [0.15, 0.2) is 0 Å². The number of benzene rings is 2. The molecule has 0 atom stereocenters. The molecule has 0 aromatic heterocycles. The number of amides is 4. The Kier molecular flexibility index (Phi) is 4.96. The summed E-state index contributed by atoms with van der Waals surface area (Å²) in [6.07, 6.45) is 5.10. The third-order valence-corrected chi connectivity index (χ3v) is 4.66. The number of nitrogens with one attached hydrogen (secondary N) is 4. The minimum atomic E-state index is -0.140. The molecule has 2 aromatic carbocycles. The lowest BCUT2D eigenvalue weighted by Crippen LogP contribution is -2.30. The molecule has 6 heteroatoms. The minimum Gasteiger partial charge on any atom is -0.335 e. The highest BCUT2D eigenvalue weighted by Gasteiger charge is 2.23. The van der Waals surface area contributed by atoms with Crippen molar-refractivity contribution < 1.29 is 9.59 Å². The molecule has 6 nitrogen and oxygen atoms in total. The number of hydrogen-bond acceptors (Lipinski definition) is 2. The summed E-state index contributed by atoms with van der Waals surface area (Å²) in [5, 5.41) is 11.5. The van der Waals surface area contributed by atoms with Crippen LogP contribution >= 0.6 is 0 Å². The van der Waals surface area contributed by atoms with Crippen LogP contribution in [-0.2, 0) is 6.42 Å². The van der Waals surface area contributed by atoms with Crippen LogP contribution in [0.25, 0.3) is 0 Å². The molecule has 4 N–H and O–H groups in total. The van der Waals surface area contributed by atoms with Gasteiger partial charge in [-0.2, -0.15) is 0 Å². The summed E-state index contributed by atoms with van der Waals surface area (Å²) >= 11 is 0. The van der Waals surface area contributed by atoms with E-state index in [-0.39, 0.29) is 12.1 Å². The van der Waals surface area contributed by atoms with Crippen LogP contribution in [0.1, 0.15) is 36.8 Å². The van der Waals surface area contributed by atoms with Crippen molar-refractivity contribution in [3.05, 3.63) is 59.7 Å². The molecule has 0 unspecified atom stereocenters. The maximum absolute atomic E-state index is 11.8. The van der Waals surface area contributed by atoms with Crippen LogP contribution < -0.4 is 21.3 Å². The second kappa shape index (κ2) is 7.70. The van der Waals surface area contributed by atoms with Crippen molar-refractivity contribution in [3.8, 4) is 0 Å². The second-order valence-corrected chi connectivity index (χ2v) is 7.32. The predicted molar refractivity (Wildman–Crippen MR) is 106 cm³/mol. The van der Waals surface area contributed by atoms with Crippen molar-refractivity contribution in [2.24, 2.45) is 0 Å². The van der Waals surface area contributed by atoms with Crippen molar-refractivity contribution in [2.75, 3.05) is 10.6 Å². The average molecular weight is 364 g/mol. The number of carbonyl (C=O) groups excluding carboxylic acids is 2. The molecule has 2 fully saturated rings. The predicted octanol–water partition coefficient (Wildman–Crippen LogP) is 3.85. The van der Waals surface area contributed by atoms with Gasteiger partial charge < -0.3 is 21.3 Å².